The summed E-state index contributed by atoms with van der Waals surface area (Å²) in [5, 5.41) is 9.39. The van der Waals surface area contributed by atoms with Crippen molar-refractivity contribution in [2.75, 3.05) is 5.75 Å². The Morgan fingerprint density at radius 3 is 2.36 bits per heavy atom. The molecule has 3 aromatic rings. The molecule has 3 aromatic carbocycles. The van der Waals surface area contributed by atoms with Crippen LogP contribution in [0.15, 0.2) is 65.6 Å². The Bertz CT molecular complexity index is 936. The fourth-order valence-corrected chi connectivity index (χ4v) is 3.14. The van der Waals surface area contributed by atoms with Crippen LogP contribution < -0.4 is 10.5 Å². The molecule has 0 unspecified atom stereocenters. The molecule has 25 heavy (non-hydrogen) atoms. The number of esters is 1. The molecule has 3 rings (SSSR count). The summed E-state index contributed by atoms with van der Waals surface area (Å²) in [6, 6.07) is 18.3. The van der Waals surface area contributed by atoms with Gasteiger partial charge in [0.2, 0.25) is 0 Å². The maximum absolute atomic E-state index is 12.3. The third-order valence-electron chi connectivity index (χ3n) is 3.73. The van der Waals surface area contributed by atoms with Gasteiger partial charge in [0.15, 0.2) is 0 Å². The van der Waals surface area contributed by atoms with Gasteiger partial charge in [0.1, 0.15) is 11.6 Å². The normalized spacial score (nSPS) is 10.6. The van der Waals surface area contributed by atoms with Crippen LogP contribution in [0.1, 0.15) is 22.8 Å². The highest BCUT2D eigenvalue weighted by Gasteiger charge is 2.09. The average molecular weight is 350 g/mol. The van der Waals surface area contributed by atoms with Gasteiger partial charge < -0.3 is 10.5 Å². The van der Waals surface area contributed by atoms with Gasteiger partial charge in [-0.25, -0.2) is 4.79 Å². The van der Waals surface area contributed by atoms with E-state index in [1.165, 1.54) is 0 Å². The van der Waals surface area contributed by atoms with Crippen molar-refractivity contribution in [3.63, 3.8) is 0 Å². The molecule has 0 saturated carbocycles. The van der Waals surface area contributed by atoms with E-state index >= 15 is 0 Å². The number of fused-ring (bicyclic) bond motifs is 1. The summed E-state index contributed by atoms with van der Waals surface area (Å²) in [6.07, 6.45) is 0. The Kier molecular flexibility index (Phi) is 5.05. The van der Waals surface area contributed by atoms with Crippen LogP contribution in [0.5, 0.6) is 5.75 Å². The van der Waals surface area contributed by atoms with Gasteiger partial charge in [-0.2, -0.15) is 0 Å². The number of carbonyl (C=O) groups is 1. The molecular formula is C20H18N2O2S. The maximum atomic E-state index is 12.3. The molecule has 0 aliphatic heterocycles. The molecule has 4 nitrogen and oxygen atoms in total. The standard InChI is InChI=1S/C20H18N2O2S/c1-2-25-18-9-6-14(7-10-18)20(23)24-17-8-5-13-3-4-15(19(21)22)11-16(13)12-17/h3-12H,2H2,1H3,(H3,21,22). The number of ether oxygens (including phenoxy) is 1. The van der Waals surface area contributed by atoms with E-state index in [0.29, 0.717) is 16.9 Å². The first-order valence-corrected chi connectivity index (χ1v) is 8.88. The quantitative estimate of drug-likeness (QED) is 0.234. The molecule has 0 heterocycles. The summed E-state index contributed by atoms with van der Waals surface area (Å²) >= 11 is 1.73. The van der Waals surface area contributed by atoms with Crippen LogP contribution in [0.4, 0.5) is 0 Å². The lowest BCUT2D eigenvalue weighted by atomic mass is 10.1. The first kappa shape index (κ1) is 17.0. The Balaban J connectivity index is 1.81. The minimum absolute atomic E-state index is 0.00865. The second-order valence-corrected chi connectivity index (χ2v) is 6.82. The summed E-state index contributed by atoms with van der Waals surface area (Å²) in [5.41, 5.74) is 6.68. The van der Waals surface area contributed by atoms with Crippen LogP contribution >= 0.6 is 11.8 Å². The van der Waals surface area contributed by atoms with E-state index in [9.17, 15) is 4.79 Å². The van der Waals surface area contributed by atoms with Gasteiger partial charge in [0.25, 0.3) is 0 Å². The molecule has 0 radical (unpaired) electrons. The Morgan fingerprint density at radius 1 is 1.00 bits per heavy atom. The summed E-state index contributed by atoms with van der Waals surface area (Å²) in [6.45, 7) is 2.09. The molecule has 0 aliphatic carbocycles. The van der Waals surface area contributed by atoms with Gasteiger partial charge >= 0.3 is 5.97 Å². The zero-order valence-corrected chi connectivity index (χ0v) is 14.6. The van der Waals surface area contributed by atoms with Crippen LogP contribution in [-0.2, 0) is 0 Å². The first-order chi connectivity index (χ1) is 12.1. The highest BCUT2D eigenvalue weighted by Crippen LogP contribution is 2.23. The molecular weight excluding hydrogens is 332 g/mol. The largest absolute Gasteiger partial charge is 0.423 e. The summed E-state index contributed by atoms with van der Waals surface area (Å²) in [4.78, 5) is 13.4. The predicted molar refractivity (Wildman–Crippen MR) is 103 cm³/mol. The lowest BCUT2D eigenvalue weighted by Gasteiger charge is -2.07. The van der Waals surface area contributed by atoms with Crippen molar-refractivity contribution in [2.45, 2.75) is 11.8 Å². The highest BCUT2D eigenvalue weighted by atomic mass is 32.2. The number of carbonyl (C=O) groups excluding carboxylic acids is 1. The molecule has 0 saturated heterocycles. The van der Waals surface area contributed by atoms with Gasteiger partial charge in [0.05, 0.1) is 5.56 Å². The van der Waals surface area contributed by atoms with E-state index in [4.69, 9.17) is 15.9 Å². The smallest absolute Gasteiger partial charge is 0.343 e. The summed E-state index contributed by atoms with van der Waals surface area (Å²) in [7, 11) is 0. The van der Waals surface area contributed by atoms with Crippen molar-refractivity contribution in [2.24, 2.45) is 5.73 Å². The van der Waals surface area contributed by atoms with Gasteiger partial charge in [-0.15, -0.1) is 11.8 Å². The lowest BCUT2D eigenvalue weighted by molar-refractivity contribution is 0.0735. The SMILES string of the molecule is CCSc1ccc(C(=O)Oc2ccc3ccc(C(=N)N)cc3c2)cc1. The van der Waals surface area contributed by atoms with E-state index in [1.54, 1.807) is 42.1 Å². The lowest BCUT2D eigenvalue weighted by Crippen LogP contribution is -2.10. The van der Waals surface area contributed by atoms with Crippen LogP contribution in [0, 0.1) is 5.41 Å². The molecule has 0 fully saturated rings. The Morgan fingerprint density at radius 2 is 1.68 bits per heavy atom. The summed E-state index contributed by atoms with van der Waals surface area (Å²) in [5.74, 6) is 1.07. The number of nitrogens with two attached hydrogens (primary N) is 1. The van der Waals surface area contributed by atoms with E-state index in [0.717, 1.165) is 21.4 Å². The van der Waals surface area contributed by atoms with Gasteiger partial charge in [-0.1, -0.05) is 25.1 Å². The molecule has 0 bridgehead atoms. The molecule has 0 aliphatic rings. The third-order valence-corrected chi connectivity index (χ3v) is 4.63. The molecule has 0 spiro atoms. The number of thioether (sulfide) groups is 1. The maximum Gasteiger partial charge on any atom is 0.343 e. The van der Waals surface area contributed by atoms with Crippen LogP contribution in [-0.4, -0.2) is 17.6 Å². The zero-order chi connectivity index (χ0) is 17.8. The second kappa shape index (κ2) is 7.40. The first-order valence-electron chi connectivity index (χ1n) is 7.90. The van der Waals surface area contributed by atoms with Crippen LogP contribution in [0.25, 0.3) is 10.8 Å². The number of nitrogens with one attached hydrogen (secondary N) is 1. The van der Waals surface area contributed by atoms with E-state index < -0.39 is 5.97 Å². The van der Waals surface area contributed by atoms with Crippen molar-refractivity contribution < 1.29 is 9.53 Å². The van der Waals surface area contributed by atoms with Crippen molar-refractivity contribution >= 4 is 34.3 Å². The fourth-order valence-electron chi connectivity index (χ4n) is 2.48. The van der Waals surface area contributed by atoms with Crippen LogP contribution in [0.2, 0.25) is 0 Å². The number of benzene rings is 3. The van der Waals surface area contributed by atoms with Crippen molar-refractivity contribution in [1.29, 1.82) is 5.41 Å². The zero-order valence-electron chi connectivity index (χ0n) is 13.8. The predicted octanol–water partition coefficient (Wildman–Crippen LogP) is 4.46. The fraction of sp³-hybridized carbons (Fsp3) is 0.100. The third kappa shape index (κ3) is 4.00. The van der Waals surface area contributed by atoms with Crippen molar-refractivity contribution in [1.82, 2.24) is 0 Å². The molecule has 3 N–H and O–H groups in total. The molecule has 0 atom stereocenters. The van der Waals surface area contributed by atoms with Crippen molar-refractivity contribution in [3.05, 3.63) is 71.8 Å². The van der Waals surface area contributed by atoms with Gasteiger partial charge in [-0.3, -0.25) is 5.41 Å². The second-order valence-electron chi connectivity index (χ2n) is 5.48. The van der Waals surface area contributed by atoms with Gasteiger partial charge in [-0.05, 0) is 59.0 Å². The minimum atomic E-state index is -0.393. The van der Waals surface area contributed by atoms with Gasteiger partial charge in [0, 0.05) is 10.5 Å². The Labute approximate surface area is 150 Å². The minimum Gasteiger partial charge on any atom is -0.423 e. The number of amidine groups is 1. The molecule has 126 valence electrons. The number of hydrogen-bond acceptors (Lipinski definition) is 4. The number of rotatable bonds is 5. The van der Waals surface area contributed by atoms with E-state index in [1.807, 2.05) is 30.3 Å². The average Bonchev–Trinajstić information content (AvgIpc) is 2.62. The topological polar surface area (TPSA) is 76.2 Å². The molecule has 0 aromatic heterocycles. The van der Waals surface area contributed by atoms with E-state index in [-0.39, 0.29) is 5.84 Å². The van der Waals surface area contributed by atoms with E-state index in [2.05, 4.69) is 6.92 Å². The Hall–Kier alpha value is -2.79. The molecule has 0 amide bonds. The summed E-state index contributed by atoms with van der Waals surface area (Å²) < 4.78 is 5.48. The number of nitrogen functional groups attached to an aromatic ring is 1. The van der Waals surface area contributed by atoms with Crippen LogP contribution in [0.3, 0.4) is 0 Å². The van der Waals surface area contributed by atoms with Crippen molar-refractivity contribution in [3.8, 4) is 5.75 Å². The molecule has 5 heteroatoms. The highest BCUT2D eigenvalue weighted by molar-refractivity contribution is 7.99. The monoisotopic (exact) mass is 350 g/mol. The number of hydrogen-bond donors (Lipinski definition) is 2.